The number of methoxy groups -OCH3 is 1. The van der Waals surface area contributed by atoms with Gasteiger partial charge >= 0.3 is 0 Å². The third-order valence-corrected chi connectivity index (χ3v) is 4.88. The first-order valence-electron chi connectivity index (χ1n) is 8.23. The standard InChI is InChI=1S/C18H21N3O3S/c1-23-14-3-5-15(6-4-14)24-16-7-11-21(12-8-16)17(22)13-25-18-19-9-2-10-20-18/h2-6,9-10,16H,7-8,11-13H2,1H3. The molecular formula is C18H21N3O3S. The third-order valence-electron chi connectivity index (χ3n) is 4.02. The van der Waals surface area contributed by atoms with Gasteiger partial charge in [0, 0.05) is 38.3 Å². The maximum absolute atomic E-state index is 12.3. The summed E-state index contributed by atoms with van der Waals surface area (Å²) in [5.74, 6) is 2.14. The van der Waals surface area contributed by atoms with Gasteiger partial charge in [-0.25, -0.2) is 9.97 Å². The van der Waals surface area contributed by atoms with Crippen LogP contribution in [0.4, 0.5) is 0 Å². The number of benzene rings is 1. The Morgan fingerprint density at radius 1 is 1.16 bits per heavy atom. The van der Waals surface area contributed by atoms with E-state index in [2.05, 4.69) is 9.97 Å². The van der Waals surface area contributed by atoms with E-state index < -0.39 is 0 Å². The fourth-order valence-electron chi connectivity index (χ4n) is 2.65. The van der Waals surface area contributed by atoms with Crippen LogP contribution in [0.15, 0.2) is 47.9 Å². The van der Waals surface area contributed by atoms with Crippen LogP contribution in [0.2, 0.25) is 0 Å². The fourth-order valence-corrected chi connectivity index (χ4v) is 3.35. The summed E-state index contributed by atoms with van der Waals surface area (Å²) in [5.41, 5.74) is 0. The highest BCUT2D eigenvalue weighted by Crippen LogP contribution is 2.22. The number of ether oxygens (including phenoxy) is 2. The van der Waals surface area contributed by atoms with Crippen molar-refractivity contribution >= 4 is 17.7 Å². The minimum absolute atomic E-state index is 0.125. The SMILES string of the molecule is COc1ccc(OC2CCN(C(=O)CSc3ncccn3)CC2)cc1. The molecule has 7 heteroatoms. The van der Waals surface area contributed by atoms with Crippen molar-refractivity contribution in [2.24, 2.45) is 0 Å². The molecule has 0 N–H and O–H groups in total. The summed E-state index contributed by atoms with van der Waals surface area (Å²) in [5, 5.41) is 0.633. The Bertz CT molecular complexity index is 674. The molecule has 1 aliphatic heterocycles. The van der Waals surface area contributed by atoms with Crippen molar-refractivity contribution in [2.45, 2.75) is 24.1 Å². The van der Waals surface area contributed by atoms with Crippen molar-refractivity contribution in [2.75, 3.05) is 26.0 Å². The van der Waals surface area contributed by atoms with E-state index in [1.54, 1.807) is 25.6 Å². The quantitative estimate of drug-likeness (QED) is 0.584. The second-order valence-electron chi connectivity index (χ2n) is 5.69. The average Bonchev–Trinajstić information content (AvgIpc) is 2.68. The first kappa shape index (κ1) is 17.5. The number of aromatic nitrogens is 2. The van der Waals surface area contributed by atoms with Crippen molar-refractivity contribution < 1.29 is 14.3 Å². The highest BCUT2D eigenvalue weighted by Gasteiger charge is 2.24. The highest BCUT2D eigenvalue weighted by molar-refractivity contribution is 7.99. The zero-order valence-corrected chi connectivity index (χ0v) is 14.9. The van der Waals surface area contributed by atoms with Crippen molar-refractivity contribution in [3.63, 3.8) is 0 Å². The number of carbonyl (C=O) groups is 1. The number of thioether (sulfide) groups is 1. The van der Waals surface area contributed by atoms with Crippen LogP contribution < -0.4 is 9.47 Å². The van der Waals surface area contributed by atoms with Gasteiger partial charge in [-0.2, -0.15) is 0 Å². The number of amides is 1. The lowest BCUT2D eigenvalue weighted by Crippen LogP contribution is -2.42. The first-order valence-corrected chi connectivity index (χ1v) is 9.21. The predicted molar refractivity (Wildman–Crippen MR) is 96.0 cm³/mol. The zero-order valence-electron chi connectivity index (χ0n) is 14.1. The van der Waals surface area contributed by atoms with E-state index in [4.69, 9.17) is 9.47 Å². The maximum Gasteiger partial charge on any atom is 0.233 e. The van der Waals surface area contributed by atoms with Gasteiger partial charge in [-0.3, -0.25) is 4.79 Å². The summed E-state index contributed by atoms with van der Waals surface area (Å²) in [6, 6.07) is 9.35. The van der Waals surface area contributed by atoms with Crippen molar-refractivity contribution in [1.82, 2.24) is 14.9 Å². The van der Waals surface area contributed by atoms with E-state index in [0.717, 1.165) is 37.4 Å². The van der Waals surface area contributed by atoms with E-state index in [1.165, 1.54) is 11.8 Å². The smallest absolute Gasteiger partial charge is 0.233 e. The summed E-state index contributed by atoms with van der Waals surface area (Å²) < 4.78 is 11.1. The lowest BCUT2D eigenvalue weighted by atomic mass is 10.1. The van der Waals surface area contributed by atoms with Gasteiger partial charge in [0.15, 0.2) is 5.16 Å². The van der Waals surface area contributed by atoms with Gasteiger partial charge in [-0.05, 0) is 30.3 Å². The molecule has 25 heavy (non-hydrogen) atoms. The molecule has 0 unspecified atom stereocenters. The molecule has 0 atom stereocenters. The van der Waals surface area contributed by atoms with E-state index in [1.807, 2.05) is 29.2 Å². The van der Waals surface area contributed by atoms with Crippen molar-refractivity contribution in [1.29, 1.82) is 0 Å². The minimum Gasteiger partial charge on any atom is -0.497 e. The lowest BCUT2D eigenvalue weighted by Gasteiger charge is -2.32. The molecule has 1 aromatic carbocycles. The van der Waals surface area contributed by atoms with E-state index in [9.17, 15) is 4.79 Å². The van der Waals surface area contributed by atoms with Gasteiger partial charge in [0.25, 0.3) is 0 Å². The Morgan fingerprint density at radius 2 is 1.80 bits per heavy atom. The monoisotopic (exact) mass is 359 g/mol. The number of likely N-dealkylation sites (tertiary alicyclic amines) is 1. The van der Waals surface area contributed by atoms with Gasteiger partial charge in [0.2, 0.25) is 5.91 Å². The van der Waals surface area contributed by atoms with Crippen LogP contribution in [0.3, 0.4) is 0 Å². The van der Waals surface area contributed by atoms with Gasteiger partial charge in [0.1, 0.15) is 17.6 Å². The molecule has 1 saturated heterocycles. The van der Waals surface area contributed by atoms with Crippen LogP contribution in [-0.2, 0) is 4.79 Å². The van der Waals surface area contributed by atoms with Gasteiger partial charge in [-0.15, -0.1) is 0 Å². The topological polar surface area (TPSA) is 64.6 Å². The number of piperidine rings is 1. The molecule has 0 bridgehead atoms. The molecule has 1 fully saturated rings. The van der Waals surface area contributed by atoms with Crippen molar-refractivity contribution in [3.05, 3.63) is 42.7 Å². The molecule has 132 valence electrons. The van der Waals surface area contributed by atoms with Gasteiger partial charge in [0.05, 0.1) is 12.9 Å². The molecule has 3 rings (SSSR count). The zero-order chi connectivity index (χ0) is 17.5. The number of hydrogen-bond acceptors (Lipinski definition) is 6. The molecule has 0 radical (unpaired) electrons. The lowest BCUT2D eigenvalue weighted by molar-refractivity contribution is -0.130. The Morgan fingerprint density at radius 3 is 2.44 bits per heavy atom. The van der Waals surface area contributed by atoms with Crippen LogP contribution in [0, 0.1) is 0 Å². The highest BCUT2D eigenvalue weighted by atomic mass is 32.2. The normalized spacial score (nSPS) is 15.0. The molecule has 1 aromatic heterocycles. The van der Waals surface area contributed by atoms with Gasteiger partial charge in [-0.1, -0.05) is 11.8 Å². The molecule has 0 saturated carbocycles. The summed E-state index contributed by atoms with van der Waals surface area (Å²) >= 11 is 1.37. The molecule has 0 aliphatic carbocycles. The Balaban J connectivity index is 1.42. The van der Waals surface area contributed by atoms with Crippen LogP contribution >= 0.6 is 11.8 Å². The first-order chi connectivity index (χ1) is 12.2. The van der Waals surface area contributed by atoms with Crippen molar-refractivity contribution in [3.8, 4) is 11.5 Å². The predicted octanol–water partition coefficient (Wildman–Crippen LogP) is 2.65. The molecule has 1 aliphatic rings. The molecule has 1 amide bonds. The Labute approximate surface area is 151 Å². The average molecular weight is 359 g/mol. The second-order valence-corrected chi connectivity index (χ2v) is 6.64. The summed E-state index contributed by atoms with van der Waals surface area (Å²) in [4.78, 5) is 22.4. The molecule has 0 spiro atoms. The summed E-state index contributed by atoms with van der Waals surface area (Å²) in [6.07, 6.45) is 5.18. The third kappa shape index (κ3) is 5.09. The molecular weight excluding hydrogens is 338 g/mol. The Hall–Kier alpha value is -2.28. The van der Waals surface area contributed by atoms with Crippen LogP contribution in [0.5, 0.6) is 11.5 Å². The van der Waals surface area contributed by atoms with E-state index in [0.29, 0.717) is 10.9 Å². The summed E-state index contributed by atoms with van der Waals surface area (Å²) in [7, 11) is 1.64. The maximum atomic E-state index is 12.3. The minimum atomic E-state index is 0.125. The molecule has 2 heterocycles. The van der Waals surface area contributed by atoms with Gasteiger partial charge < -0.3 is 14.4 Å². The van der Waals surface area contributed by atoms with Crippen LogP contribution in [-0.4, -0.2) is 52.8 Å². The summed E-state index contributed by atoms with van der Waals surface area (Å²) in [6.45, 7) is 1.44. The number of carbonyl (C=O) groups excluding carboxylic acids is 1. The number of hydrogen-bond donors (Lipinski definition) is 0. The number of nitrogens with zero attached hydrogens (tertiary/aromatic N) is 3. The largest absolute Gasteiger partial charge is 0.497 e. The van der Waals surface area contributed by atoms with Crippen LogP contribution in [0.1, 0.15) is 12.8 Å². The van der Waals surface area contributed by atoms with Crippen LogP contribution in [0.25, 0.3) is 0 Å². The number of rotatable bonds is 6. The molecule has 6 nitrogen and oxygen atoms in total. The second kappa shape index (κ2) is 8.71. The fraction of sp³-hybridized carbons (Fsp3) is 0.389. The Kier molecular flexibility index (Phi) is 6.11. The van der Waals surface area contributed by atoms with E-state index in [-0.39, 0.29) is 12.0 Å². The van der Waals surface area contributed by atoms with E-state index >= 15 is 0 Å². The molecule has 2 aromatic rings.